The Bertz CT molecular complexity index is 498. The van der Waals surface area contributed by atoms with Gasteiger partial charge in [0, 0.05) is 5.33 Å². The number of alkyl halides is 1. The van der Waals surface area contributed by atoms with Crippen molar-refractivity contribution in [2.24, 2.45) is 5.41 Å². The fourth-order valence-corrected chi connectivity index (χ4v) is 4.02. The molecule has 0 saturated heterocycles. The largest absolute Gasteiger partial charge is 0.496 e. The predicted octanol–water partition coefficient (Wildman–Crippen LogP) is 4.96. The maximum absolute atomic E-state index is 9.45. The van der Waals surface area contributed by atoms with Gasteiger partial charge in [-0.2, -0.15) is 5.26 Å². The average Bonchev–Trinajstić information content (AvgIpc) is 2.48. The molecule has 1 aliphatic rings. The summed E-state index contributed by atoms with van der Waals surface area (Å²) in [4.78, 5) is 0. The van der Waals surface area contributed by atoms with E-state index in [4.69, 9.17) is 4.74 Å². The van der Waals surface area contributed by atoms with Gasteiger partial charge in [0.1, 0.15) is 5.75 Å². The van der Waals surface area contributed by atoms with E-state index in [1.807, 2.05) is 0 Å². The van der Waals surface area contributed by atoms with E-state index in [1.165, 1.54) is 11.1 Å². The monoisotopic (exact) mass is 335 g/mol. The molecule has 0 unspecified atom stereocenters. The Morgan fingerprint density at radius 1 is 1.40 bits per heavy atom. The standard InChI is InChI=1S/C17H22BrNO/c1-13-11-15(3-4-16(13)20-2)14-5-7-17(12-19,8-6-14)9-10-18/h3-4,11,14H,5-10H2,1-2H3. The minimum Gasteiger partial charge on any atom is -0.496 e. The summed E-state index contributed by atoms with van der Waals surface area (Å²) in [6.45, 7) is 2.09. The molecule has 1 aromatic carbocycles. The molecule has 0 amide bonds. The molecule has 0 N–H and O–H groups in total. The van der Waals surface area contributed by atoms with E-state index in [9.17, 15) is 5.26 Å². The third-order valence-electron chi connectivity index (χ3n) is 4.64. The molecule has 0 spiro atoms. The third kappa shape index (κ3) is 3.17. The Labute approximate surface area is 130 Å². The summed E-state index contributed by atoms with van der Waals surface area (Å²) in [5, 5.41) is 10.4. The van der Waals surface area contributed by atoms with E-state index in [2.05, 4.69) is 47.1 Å². The Kier molecular flexibility index (Phi) is 5.10. The lowest BCUT2D eigenvalue weighted by Gasteiger charge is -2.35. The van der Waals surface area contributed by atoms with Crippen molar-refractivity contribution >= 4 is 15.9 Å². The molecule has 3 heteroatoms. The zero-order valence-corrected chi connectivity index (χ0v) is 13.9. The highest BCUT2D eigenvalue weighted by Crippen LogP contribution is 2.45. The predicted molar refractivity (Wildman–Crippen MR) is 85.4 cm³/mol. The van der Waals surface area contributed by atoms with Crippen LogP contribution in [0.1, 0.15) is 49.1 Å². The number of hydrogen-bond acceptors (Lipinski definition) is 2. The average molecular weight is 336 g/mol. The van der Waals surface area contributed by atoms with Gasteiger partial charge in [-0.25, -0.2) is 0 Å². The molecule has 1 aliphatic carbocycles. The number of methoxy groups -OCH3 is 1. The van der Waals surface area contributed by atoms with Gasteiger partial charge in [-0.3, -0.25) is 0 Å². The number of nitriles is 1. The quantitative estimate of drug-likeness (QED) is 0.729. The summed E-state index contributed by atoms with van der Waals surface area (Å²) >= 11 is 3.48. The zero-order chi connectivity index (χ0) is 14.6. The van der Waals surface area contributed by atoms with E-state index in [0.29, 0.717) is 5.92 Å². The Hall–Kier alpha value is -1.01. The van der Waals surface area contributed by atoms with E-state index in [-0.39, 0.29) is 5.41 Å². The topological polar surface area (TPSA) is 33.0 Å². The maximum atomic E-state index is 9.45. The van der Waals surface area contributed by atoms with E-state index in [1.54, 1.807) is 7.11 Å². The molecule has 0 heterocycles. The van der Waals surface area contributed by atoms with Crippen LogP contribution in [0.15, 0.2) is 18.2 Å². The molecule has 1 saturated carbocycles. The van der Waals surface area contributed by atoms with Crippen LogP contribution >= 0.6 is 15.9 Å². The first-order valence-corrected chi connectivity index (χ1v) is 8.38. The fraction of sp³-hybridized carbons (Fsp3) is 0.588. The summed E-state index contributed by atoms with van der Waals surface area (Å²) in [5.41, 5.74) is 2.50. The first-order chi connectivity index (χ1) is 9.64. The number of aryl methyl sites for hydroxylation is 1. The van der Waals surface area contributed by atoms with Crippen molar-refractivity contribution in [1.29, 1.82) is 5.26 Å². The van der Waals surface area contributed by atoms with Crippen LogP contribution in [-0.2, 0) is 0 Å². The molecule has 1 aromatic rings. The second kappa shape index (κ2) is 6.63. The molecule has 2 nitrogen and oxygen atoms in total. The van der Waals surface area contributed by atoms with Crippen molar-refractivity contribution in [3.63, 3.8) is 0 Å². The number of benzene rings is 1. The van der Waals surface area contributed by atoms with Crippen molar-refractivity contribution in [1.82, 2.24) is 0 Å². The zero-order valence-electron chi connectivity index (χ0n) is 12.3. The fourth-order valence-electron chi connectivity index (χ4n) is 3.26. The summed E-state index contributed by atoms with van der Waals surface area (Å²) in [6, 6.07) is 9.06. The van der Waals surface area contributed by atoms with Gasteiger partial charge in [-0.1, -0.05) is 28.1 Å². The molecule has 0 aromatic heterocycles. The molecule has 108 valence electrons. The van der Waals surface area contributed by atoms with Crippen molar-refractivity contribution in [2.75, 3.05) is 12.4 Å². The number of rotatable bonds is 4. The SMILES string of the molecule is COc1ccc(C2CCC(C#N)(CCBr)CC2)cc1C. The van der Waals surface area contributed by atoms with Crippen LogP contribution in [0.5, 0.6) is 5.75 Å². The Morgan fingerprint density at radius 3 is 2.60 bits per heavy atom. The van der Waals surface area contributed by atoms with Gasteiger partial charge in [0.15, 0.2) is 0 Å². The lowest BCUT2D eigenvalue weighted by Crippen LogP contribution is -2.25. The first kappa shape index (κ1) is 15.4. The number of hydrogen-bond donors (Lipinski definition) is 0. The number of halogens is 1. The summed E-state index contributed by atoms with van der Waals surface area (Å²) in [7, 11) is 1.71. The summed E-state index contributed by atoms with van der Waals surface area (Å²) in [6.07, 6.45) is 5.24. The normalized spacial score (nSPS) is 26.0. The number of nitrogens with zero attached hydrogens (tertiary/aromatic N) is 1. The summed E-state index contributed by atoms with van der Waals surface area (Å²) in [5.74, 6) is 1.55. The van der Waals surface area contributed by atoms with E-state index in [0.717, 1.165) is 43.2 Å². The Morgan fingerprint density at radius 2 is 2.10 bits per heavy atom. The molecular formula is C17H22BrNO. The van der Waals surface area contributed by atoms with Crippen molar-refractivity contribution in [3.8, 4) is 11.8 Å². The second-order valence-electron chi connectivity index (χ2n) is 5.83. The van der Waals surface area contributed by atoms with Crippen molar-refractivity contribution < 1.29 is 4.74 Å². The molecule has 2 rings (SSSR count). The van der Waals surface area contributed by atoms with Crippen LogP contribution in [0.25, 0.3) is 0 Å². The number of ether oxygens (including phenoxy) is 1. The third-order valence-corrected chi connectivity index (χ3v) is 5.04. The van der Waals surface area contributed by atoms with Crippen LogP contribution in [-0.4, -0.2) is 12.4 Å². The second-order valence-corrected chi connectivity index (χ2v) is 6.63. The lowest BCUT2D eigenvalue weighted by molar-refractivity contribution is 0.240. The van der Waals surface area contributed by atoms with Crippen molar-refractivity contribution in [2.45, 2.75) is 44.9 Å². The van der Waals surface area contributed by atoms with E-state index < -0.39 is 0 Å². The van der Waals surface area contributed by atoms with Crippen LogP contribution in [0, 0.1) is 23.7 Å². The van der Waals surface area contributed by atoms with Crippen molar-refractivity contribution in [3.05, 3.63) is 29.3 Å². The van der Waals surface area contributed by atoms with Gasteiger partial charge < -0.3 is 4.74 Å². The molecule has 1 fully saturated rings. The highest BCUT2D eigenvalue weighted by atomic mass is 79.9. The molecule has 20 heavy (non-hydrogen) atoms. The van der Waals surface area contributed by atoms with Crippen LogP contribution in [0.3, 0.4) is 0 Å². The van der Waals surface area contributed by atoms with Crippen LogP contribution in [0.2, 0.25) is 0 Å². The highest BCUT2D eigenvalue weighted by Gasteiger charge is 2.35. The first-order valence-electron chi connectivity index (χ1n) is 7.26. The van der Waals surface area contributed by atoms with Gasteiger partial charge in [0.25, 0.3) is 0 Å². The van der Waals surface area contributed by atoms with Gasteiger partial charge >= 0.3 is 0 Å². The summed E-state index contributed by atoms with van der Waals surface area (Å²) < 4.78 is 5.32. The molecule has 0 bridgehead atoms. The minimum atomic E-state index is -0.0957. The smallest absolute Gasteiger partial charge is 0.121 e. The van der Waals surface area contributed by atoms with Gasteiger partial charge in [-0.05, 0) is 62.1 Å². The van der Waals surface area contributed by atoms with Gasteiger partial charge in [-0.15, -0.1) is 0 Å². The Balaban J connectivity index is 2.07. The maximum Gasteiger partial charge on any atom is 0.121 e. The van der Waals surface area contributed by atoms with Crippen LogP contribution < -0.4 is 4.74 Å². The lowest BCUT2D eigenvalue weighted by atomic mass is 9.68. The van der Waals surface area contributed by atoms with Gasteiger partial charge in [0.2, 0.25) is 0 Å². The minimum absolute atomic E-state index is 0.0957. The molecule has 0 atom stereocenters. The van der Waals surface area contributed by atoms with Gasteiger partial charge in [0.05, 0.1) is 18.6 Å². The van der Waals surface area contributed by atoms with Crippen LogP contribution in [0.4, 0.5) is 0 Å². The molecule has 0 radical (unpaired) electrons. The molecule has 0 aliphatic heterocycles. The van der Waals surface area contributed by atoms with E-state index >= 15 is 0 Å². The highest BCUT2D eigenvalue weighted by molar-refractivity contribution is 9.09. The molecular weight excluding hydrogens is 314 g/mol.